The number of methoxy groups -OCH3 is 1. The lowest BCUT2D eigenvalue weighted by Gasteiger charge is -2.09. The largest absolute Gasteiger partial charge is 0.496 e. The van der Waals surface area contributed by atoms with Gasteiger partial charge in [0.2, 0.25) is 0 Å². The second-order valence-corrected chi connectivity index (χ2v) is 6.07. The highest BCUT2D eigenvalue weighted by Crippen LogP contribution is 2.28. The first-order valence-corrected chi connectivity index (χ1v) is 7.57. The van der Waals surface area contributed by atoms with Gasteiger partial charge in [-0.3, -0.25) is 4.79 Å². The van der Waals surface area contributed by atoms with Crippen LogP contribution in [0.3, 0.4) is 0 Å². The number of hydrogen-bond acceptors (Lipinski definition) is 2. The van der Waals surface area contributed by atoms with Crippen LogP contribution in [0, 0.1) is 0 Å². The van der Waals surface area contributed by atoms with Crippen LogP contribution in [0.1, 0.15) is 10.4 Å². The molecule has 0 aliphatic carbocycles. The Labute approximate surface area is 138 Å². The Hall–Kier alpha value is -1.04. The van der Waals surface area contributed by atoms with Crippen molar-refractivity contribution in [1.29, 1.82) is 0 Å². The number of hydrogen-bond donors (Lipinski definition) is 1. The predicted molar refractivity (Wildman–Crippen MR) is 87.8 cm³/mol. The fourth-order valence-electron chi connectivity index (χ4n) is 1.59. The van der Waals surface area contributed by atoms with E-state index in [2.05, 4.69) is 37.2 Å². The Morgan fingerprint density at radius 1 is 1.15 bits per heavy atom. The summed E-state index contributed by atoms with van der Waals surface area (Å²) in [4.78, 5) is 12.2. The Bertz CT molecular complexity index is 662. The number of benzene rings is 2. The van der Waals surface area contributed by atoms with Crippen LogP contribution in [0.5, 0.6) is 5.75 Å². The van der Waals surface area contributed by atoms with Crippen molar-refractivity contribution in [3.63, 3.8) is 0 Å². The number of carbonyl (C=O) groups is 1. The molecular formula is C14H10Br2ClNO2. The SMILES string of the molecule is COc1ccc(C(=O)Nc2ccc(Cl)cc2Br)cc1Br. The molecule has 0 aliphatic rings. The number of amides is 1. The average molecular weight is 420 g/mol. The molecule has 0 radical (unpaired) electrons. The van der Waals surface area contributed by atoms with Gasteiger partial charge in [-0.15, -0.1) is 0 Å². The zero-order chi connectivity index (χ0) is 14.7. The van der Waals surface area contributed by atoms with E-state index >= 15 is 0 Å². The summed E-state index contributed by atoms with van der Waals surface area (Å²) in [5.74, 6) is 0.464. The third-order valence-corrected chi connectivity index (χ3v) is 4.10. The minimum atomic E-state index is -0.212. The van der Waals surface area contributed by atoms with Gasteiger partial charge < -0.3 is 10.1 Å². The first-order chi connectivity index (χ1) is 9.51. The summed E-state index contributed by atoms with van der Waals surface area (Å²) in [6.45, 7) is 0. The number of halogens is 3. The topological polar surface area (TPSA) is 38.3 Å². The number of anilines is 1. The molecule has 1 amide bonds. The molecule has 2 aromatic rings. The highest BCUT2D eigenvalue weighted by molar-refractivity contribution is 9.11. The average Bonchev–Trinajstić information content (AvgIpc) is 2.41. The quantitative estimate of drug-likeness (QED) is 0.749. The maximum atomic E-state index is 12.2. The van der Waals surface area contributed by atoms with Crippen LogP contribution in [-0.4, -0.2) is 13.0 Å². The van der Waals surface area contributed by atoms with E-state index in [4.69, 9.17) is 16.3 Å². The standard InChI is InChI=1S/C14H10Br2ClNO2/c1-20-13-5-2-8(6-11(13)16)14(19)18-12-4-3-9(17)7-10(12)15/h2-7H,1H3,(H,18,19). The lowest BCUT2D eigenvalue weighted by atomic mass is 10.2. The lowest BCUT2D eigenvalue weighted by Crippen LogP contribution is -2.12. The molecule has 0 saturated carbocycles. The first kappa shape index (κ1) is 15.4. The Morgan fingerprint density at radius 2 is 1.90 bits per heavy atom. The van der Waals surface area contributed by atoms with Crippen molar-refractivity contribution in [3.8, 4) is 5.75 Å². The van der Waals surface area contributed by atoms with E-state index in [9.17, 15) is 4.79 Å². The Morgan fingerprint density at radius 3 is 2.50 bits per heavy atom. The van der Waals surface area contributed by atoms with Gasteiger partial charge in [-0.25, -0.2) is 0 Å². The molecule has 2 aromatic carbocycles. The molecule has 20 heavy (non-hydrogen) atoms. The number of ether oxygens (including phenoxy) is 1. The van der Waals surface area contributed by atoms with Gasteiger partial charge in [0.05, 0.1) is 17.3 Å². The van der Waals surface area contributed by atoms with E-state index in [0.717, 1.165) is 8.95 Å². The van der Waals surface area contributed by atoms with E-state index < -0.39 is 0 Å². The molecule has 3 nitrogen and oxygen atoms in total. The van der Waals surface area contributed by atoms with Crippen LogP contribution >= 0.6 is 43.5 Å². The second-order valence-electron chi connectivity index (χ2n) is 3.93. The summed E-state index contributed by atoms with van der Waals surface area (Å²) in [6.07, 6.45) is 0. The first-order valence-electron chi connectivity index (χ1n) is 5.61. The molecule has 104 valence electrons. The van der Waals surface area contributed by atoms with Crippen molar-refractivity contribution >= 4 is 55.1 Å². The van der Waals surface area contributed by atoms with Crippen LogP contribution in [0.2, 0.25) is 5.02 Å². The van der Waals surface area contributed by atoms with Crippen molar-refractivity contribution < 1.29 is 9.53 Å². The fraction of sp³-hybridized carbons (Fsp3) is 0.0714. The van der Waals surface area contributed by atoms with Gasteiger partial charge in [0.25, 0.3) is 5.91 Å². The van der Waals surface area contributed by atoms with E-state index in [0.29, 0.717) is 22.0 Å². The summed E-state index contributed by atoms with van der Waals surface area (Å²) in [6, 6.07) is 10.3. The summed E-state index contributed by atoms with van der Waals surface area (Å²) in [5.41, 5.74) is 1.19. The van der Waals surface area contributed by atoms with Gasteiger partial charge in [0.1, 0.15) is 5.75 Å². The van der Waals surface area contributed by atoms with Crippen LogP contribution in [0.4, 0.5) is 5.69 Å². The maximum Gasteiger partial charge on any atom is 0.255 e. The summed E-state index contributed by atoms with van der Waals surface area (Å²) < 4.78 is 6.58. The van der Waals surface area contributed by atoms with Gasteiger partial charge >= 0.3 is 0 Å². The zero-order valence-electron chi connectivity index (χ0n) is 10.4. The minimum Gasteiger partial charge on any atom is -0.496 e. The second kappa shape index (κ2) is 6.61. The van der Waals surface area contributed by atoms with Crippen LogP contribution in [0.15, 0.2) is 45.3 Å². The molecule has 2 rings (SSSR count). The molecular weight excluding hydrogens is 409 g/mol. The summed E-state index contributed by atoms with van der Waals surface area (Å²) in [7, 11) is 1.57. The molecule has 0 atom stereocenters. The van der Waals surface area contributed by atoms with Crippen LogP contribution in [-0.2, 0) is 0 Å². The van der Waals surface area contributed by atoms with Crippen molar-refractivity contribution in [2.24, 2.45) is 0 Å². The molecule has 0 aromatic heterocycles. The maximum absolute atomic E-state index is 12.2. The van der Waals surface area contributed by atoms with Gasteiger partial charge in [0, 0.05) is 15.1 Å². The molecule has 1 N–H and O–H groups in total. The minimum absolute atomic E-state index is 0.212. The molecule has 0 heterocycles. The smallest absolute Gasteiger partial charge is 0.255 e. The predicted octanol–water partition coefficient (Wildman–Crippen LogP) is 5.13. The van der Waals surface area contributed by atoms with Crippen molar-refractivity contribution in [2.45, 2.75) is 0 Å². The van der Waals surface area contributed by atoms with Crippen molar-refractivity contribution in [1.82, 2.24) is 0 Å². The zero-order valence-corrected chi connectivity index (χ0v) is 14.3. The Kier molecular flexibility index (Phi) is 5.07. The van der Waals surface area contributed by atoms with Crippen LogP contribution in [0.25, 0.3) is 0 Å². The molecule has 0 saturated heterocycles. The molecule has 0 aliphatic heterocycles. The van der Waals surface area contributed by atoms with Crippen molar-refractivity contribution in [3.05, 3.63) is 55.9 Å². The number of nitrogens with one attached hydrogen (secondary N) is 1. The molecule has 0 fully saturated rings. The van der Waals surface area contributed by atoms with E-state index in [1.807, 2.05) is 0 Å². The van der Waals surface area contributed by atoms with Gasteiger partial charge in [-0.2, -0.15) is 0 Å². The molecule has 0 bridgehead atoms. The van der Waals surface area contributed by atoms with Crippen LogP contribution < -0.4 is 10.1 Å². The highest BCUT2D eigenvalue weighted by Gasteiger charge is 2.11. The highest BCUT2D eigenvalue weighted by atomic mass is 79.9. The number of rotatable bonds is 3. The molecule has 6 heteroatoms. The van der Waals surface area contributed by atoms with Gasteiger partial charge in [-0.1, -0.05) is 11.6 Å². The summed E-state index contributed by atoms with van der Waals surface area (Å²) in [5, 5.41) is 3.41. The van der Waals surface area contributed by atoms with Gasteiger partial charge in [0.15, 0.2) is 0 Å². The number of carbonyl (C=O) groups excluding carboxylic acids is 1. The van der Waals surface area contributed by atoms with E-state index in [1.165, 1.54) is 0 Å². The lowest BCUT2D eigenvalue weighted by molar-refractivity contribution is 0.102. The fourth-order valence-corrected chi connectivity index (χ4v) is 2.92. The molecule has 0 spiro atoms. The molecule has 0 unspecified atom stereocenters. The Balaban J connectivity index is 2.21. The van der Waals surface area contributed by atoms with E-state index in [-0.39, 0.29) is 5.91 Å². The van der Waals surface area contributed by atoms with Gasteiger partial charge in [-0.05, 0) is 68.3 Å². The normalized spacial score (nSPS) is 10.2. The monoisotopic (exact) mass is 417 g/mol. The summed E-state index contributed by atoms with van der Waals surface area (Å²) >= 11 is 12.6. The third kappa shape index (κ3) is 3.53. The third-order valence-electron chi connectivity index (χ3n) is 2.59. The van der Waals surface area contributed by atoms with E-state index in [1.54, 1.807) is 43.5 Å². The van der Waals surface area contributed by atoms with Crippen molar-refractivity contribution in [2.75, 3.05) is 12.4 Å².